The number of alkyl halides is 3. The van der Waals surface area contributed by atoms with E-state index in [0.717, 1.165) is 43.6 Å². The number of likely N-dealkylation sites (tertiary alicyclic amines) is 1. The van der Waals surface area contributed by atoms with E-state index in [9.17, 15) is 13.2 Å². The van der Waals surface area contributed by atoms with Crippen molar-refractivity contribution in [1.29, 1.82) is 0 Å². The number of rotatable bonds is 2. The zero-order valence-corrected chi connectivity index (χ0v) is 14.3. The van der Waals surface area contributed by atoms with Crippen LogP contribution in [0.4, 0.5) is 13.2 Å². The molecule has 0 unspecified atom stereocenters. The molecule has 1 saturated heterocycles. The van der Waals surface area contributed by atoms with Gasteiger partial charge in [0.2, 0.25) is 0 Å². The SMILES string of the molecule is FC(F)(F)c1ccc(C2CCN(C([S-])[S-])CC2)cc1.[Au]. The van der Waals surface area contributed by atoms with Crippen molar-refractivity contribution in [1.82, 2.24) is 4.90 Å². The summed E-state index contributed by atoms with van der Waals surface area (Å²) in [7, 11) is 0. The van der Waals surface area contributed by atoms with Gasteiger partial charge in [0.15, 0.2) is 0 Å². The van der Waals surface area contributed by atoms with Crippen molar-refractivity contribution in [2.75, 3.05) is 13.1 Å². The molecule has 1 aromatic rings. The Balaban J connectivity index is 0.00000200. The average Bonchev–Trinajstić information content (AvgIpc) is 2.38. The molecule has 1 radical (unpaired) electrons. The van der Waals surface area contributed by atoms with E-state index in [2.05, 4.69) is 0 Å². The third-order valence-corrected chi connectivity index (χ3v) is 4.13. The number of hydrogen-bond acceptors (Lipinski definition) is 3. The summed E-state index contributed by atoms with van der Waals surface area (Å²) in [6, 6.07) is 5.49. The summed E-state index contributed by atoms with van der Waals surface area (Å²) in [5.41, 5.74) is 0.378. The Kier molecular flexibility index (Phi) is 7.02. The second kappa shape index (κ2) is 7.61. The maximum Gasteiger partial charge on any atom is 0.416 e. The second-order valence-corrected chi connectivity index (χ2v) is 5.93. The zero-order chi connectivity index (χ0) is 14.0. The van der Waals surface area contributed by atoms with Gasteiger partial charge in [0.05, 0.1) is 5.56 Å². The maximum absolute atomic E-state index is 12.5. The Morgan fingerprint density at radius 3 is 1.95 bits per heavy atom. The predicted octanol–water partition coefficient (Wildman–Crippen LogP) is 3.26. The van der Waals surface area contributed by atoms with Crippen LogP contribution in [0.5, 0.6) is 0 Å². The Bertz CT molecular complexity index is 415. The monoisotopic (exact) mass is 502 g/mol. The molecular weight excluding hydrogens is 488 g/mol. The molecule has 1 nitrogen and oxygen atoms in total. The molecule has 0 saturated carbocycles. The van der Waals surface area contributed by atoms with E-state index in [1.807, 2.05) is 4.90 Å². The van der Waals surface area contributed by atoms with Crippen molar-refractivity contribution in [3.63, 3.8) is 0 Å². The number of hydrogen-bond donors (Lipinski definition) is 0. The molecule has 1 aliphatic rings. The standard InChI is InChI=1S/C13H16F3NS2.Au/c14-13(15,16)11-3-1-9(2-4-11)10-5-7-17(8-6-10)12(18)19;/h1-4,10,12,18-19H,5-8H2;/p-2. The summed E-state index contributed by atoms with van der Waals surface area (Å²) in [5, 5.41) is 0. The van der Waals surface area contributed by atoms with Crippen LogP contribution < -0.4 is 0 Å². The van der Waals surface area contributed by atoms with Gasteiger partial charge in [-0.2, -0.15) is 13.2 Å². The van der Waals surface area contributed by atoms with Gasteiger partial charge in [0.1, 0.15) is 0 Å². The van der Waals surface area contributed by atoms with Crippen molar-refractivity contribution in [3.8, 4) is 0 Å². The first-order chi connectivity index (χ1) is 8.88. The predicted molar refractivity (Wildman–Crippen MR) is 73.5 cm³/mol. The molecule has 1 aromatic carbocycles. The van der Waals surface area contributed by atoms with Crippen LogP contribution in [0.2, 0.25) is 0 Å². The third kappa shape index (κ3) is 4.71. The van der Waals surface area contributed by atoms with Gasteiger partial charge in [-0.25, -0.2) is 4.71 Å². The van der Waals surface area contributed by atoms with Crippen molar-refractivity contribution in [2.45, 2.75) is 29.6 Å². The summed E-state index contributed by atoms with van der Waals surface area (Å²) in [6.07, 6.45) is -2.47. The summed E-state index contributed by atoms with van der Waals surface area (Å²) >= 11 is 10.1. The molecule has 2 rings (SSSR count). The van der Waals surface area contributed by atoms with Gasteiger partial charge in [-0.05, 0) is 49.5 Å². The largest absolute Gasteiger partial charge is 0.800 e. The minimum absolute atomic E-state index is 0. The van der Waals surface area contributed by atoms with E-state index in [1.54, 1.807) is 12.1 Å². The van der Waals surface area contributed by atoms with Gasteiger partial charge in [0.25, 0.3) is 0 Å². The topological polar surface area (TPSA) is 3.24 Å². The molecule has 0 spiro atoms. The van der Waals surface area contributed by atoms with Crippen LogP contribution in [0.1, 0.15) is 29.9 Å². The van der Waals surface area contributed by atoms with E-state index in [1.165, 1.54) is 0 Å². The van der Waals surface area contributed by atoms with Gasteiger partial charge in [0, 0.05) is 22.4 Å². The first-order valence-electron chi connectivity index (χ1n) is 6.11. The molecule has 0 atom stereocenters. The third-order valence-electron chi connectivity index (χ3n) is 3.54. The summed E-state index contributed by atoms with van der Waals surface area (Å²) in [4.78, 5) is 2.05. The van der Waals surface area contributed by atoms with E-state index in [4.69, 9.17) is 25.3 Å². The van der Waals surface area contributed by atoms with Crippen LogP contribution >= 0.6 is 0 Å². The first-order valence-corrected chi connectivity index (χ1v) is 7.05. The van der Waals surface area contributed by atoms with Gasteiger partial charge in [-0.1, -0.05) is 12.1 Å². The number of nitrogens with zero attached hydrogens (tertiary/aromatic N) is 1. The number of benzene rings is 1. The maximum atomic E-state index is 12.5. The molecule has 0 aromatic heterocycles. The molecule has 20 heavy (non-hydrogen) atoms. The van der Waals surface area contributed by atoms with Crippen LogP contribution in [0, 0.1) is 0 Å². The second-order valence-electron chi connectivity index (χ2n) is 4.74. The van der Waals surface area contributed by atoms with Gasteiger partial charge in [-0.15, -0.1) is 0 Å². The van der Waals surface area contributed by atoms with Crippen molar-refractivity contribution in [3.05, 3.63) is 35.4 Å². The molecule has 1 fully saturated rings. The number of halogens is 3. The smallest absolute Gasteiger partial charge is 0.416 e. The van der Waals surface area contributed by atoms with E-state index in [-0.39, 0.29) is 27.1 Å². The Morgan fingerprint density at radius 2 is 1.55 bits per heavy atom. The quantitative estimate of drug-likeness (QED) is 0.452. The van der Waals surface area contributed by atoms with Gasteiger partial charge in [-0.3, -0.25) is 0 Å². The molecule has 0 aliphatic carbocycles. The van der Waals surface area contributed by atoms with E-state index >= 15 is 0 Å². The molecule has 0 N–H and O–H groups in total. The summed E-state index contributed by atoms with van der Waals surface area (Å²) < 4.78 is 37.1. The van der Waals surface area contributed by atoms with E-state index in [0.29, 0.717) is 5.92 Å². The molecule has 0 bridgehead atoms. The Hall–Kier alpha value is 0.410. The van der Waals surface area contributed by atoms with Crippen LogP contribution in [0.15, 0.2) is 24.3 Å². The van der Waals surface area contributed by atoms with E-state index < -0.39 is 11.7 Å². The minimum Gasteiger partial charge on any atom is -0.800 e. The van der Waals surface area contributed by atoms with Crippen molar-refractivity contribution >= 4 is 25.3 Å². The summed E-state index contributed by atoms with van der Waals surface area (Å²) in [5.74, 6) is 0.308. The zero-order valence-electron chi connectivity index (χ0n) is 10.5. The van der Waals surface area contributed by atoms with Crippen molar-refractivity contribution < 1.29 is 35.6 Å². The normalized spacial score (nSPS) is 18.1. The summed E-state index contributed by atoms with van der Waals surface area (Å²) in [6.45, 7) is 1.65. The minimum atomic E-state index is -4.26. The molecule has 7 heteroatoms. The Morgan fingerprint density at radius 1 is 1.05 bits per heavy atom. The fourth-order valence-electron chi connectivity index (χ4n) is 2.39. The fourth-order valence-corrected chi connectivity index (χ4v) is 2.81. The fraction of sp³-hybridized carbons (Fsp3) is 0.538. The molecule has 117 valence electrons. The van der Waals surface area contributed by atoms with Gasteiger partial charge >= 0.3 is 6.18 Å². The Labute approximate surface area is 143 Å². The first kappa shape index (κ1) is 18.5. The molecular formula is C13H14AuF3NS2-2. The van der Waals surface area contributed by atoms with Crippen LogP contribution in [-0.4, -0.2) is 22.7 Å². The number of piperidine rings is 1. The van der Waals surface area contributed by atoms with Crippen LogP contribution in [0.3, 0.4) is 0 Å². The van der Waals surface area contributed by atoms with Crippen molar-refractivity contribution in [2.24, 2.45) is 0 Å². The molecule has 1 aliphatic heterocycles. The van der Waals surface area contributed by atoms with Crippen LogP contribution in [-0.2, 0) is 53.8 Å². The average molecular weight is 502 g/mol. The van der Waals surface area contributed by atoms with Crippen LogP contribution in [0.25, 0.3) is 0 Å². The molecule has 0 amide bonds. The molecule has 1 heterocycles. The van der Waals surface area contributed by atoms with Gasteiger partial charge < -0.3 is 30.2 Å².